The van der Waals surface area contributed by atoms with Gasteiger partial charge in [0.05, 0.1) is 0 Å². The van der Waals surface area contributed by atoms with Gasteiger partial charge in [0.25, 0.3) is 0 Å². The molecule has 0 fully saturated rings. The number of aromatic carboxylic acids is 1. The van der Waals surface area contributed by atoms with Gasteiger partial charge in [0, 0.05) is 17.4 Å². The number of benzene rings is 1. The van der Waals surface area contributed by atoms with Crippen molar-refractivity contribution < 1.29 is 19.5 Å². The zero-order valence-corrected chi connectivity index (χ0v) is 12.1. The number of hydrogen-bond acceptors (Lipinski definition) is 4. The molecule has 1 heterocycles. The maximum absolute atomic E-state index is 12.1. The molecule has 7 heteroatoms. The number of hydrogen-bond donors (Lipinski definition) is 2. The predicted molar refractivity (Wildman–Crippen MR) is 79.0 cm³/mol. The minimum atomic E-state index is -1.15. The first kappa shape index (κ1) is 15.4. The average molecular weight is 301 g/mol. The number of carbonyl (C=O) groups is 3. The first-order chi connectivity index (χ1) is 10.4. The van der Waals surface area contributed by atoms with Crippen molar-refractivity contribution in [1.29, 1.82) is 0 Å². The van der Waals surface area contributed by atoms with Gasteiger partial charge in [0.15, 0.2) is 11.5 Å². The molecule has 0 radical (unpaired) electrons. The summed E-state index contributed by atoms with van der Waals surface area (Å²) in [5.74, 6) is -1.54. The molecular formula is C15H15N3O4. The van der Waals surface area contributed by atoms with E-state index >= 15 is 0 Å². The Bertz CT molecular complexity index is 719. The lowest BCUT2D eigenvalue weighted by atomic mass is 10.1. The van der Waals surface area contributed by atoms with Gasteiger partial charge in [-0.05, 0) is 44.2 Å². The maximum atomic E-state index is 12.1. The first-order valence-corrected chi connectivity index (χ1v) is 6.59. The Kier molecular flexibility index (Phi) is 4.36. The van der Waals surface area contributed by atoms with Gasteiger partial charge in [0.1, 0.15) is 6.04 Å². The lowest BCUT2D eigenvalue weighted by Crippen LogP contribution is -2.24. The quantitative estimate of drug-likeness (QED) is 0.822. The van der Waals surface area contributed by atoms with E-state index in [-0.39, 0.29) is 17.4 Å². The molecule has 1 aromatic heterocycles. The molecule has 0 spiro atoms. The third kappa shape index (κ3) is 3.38. The maximum Gasteiger partial charge on any atom is 0.356 e. The second-order valence-electron chi connectivity index (χ2n) is 4.78. The summed E-state index contributed by atoms with van der Waals surface area (Å²) in [5, 5.41) is 15.3. The van der Waals surface area contributed by atoms with Crippen LogP contribution < -0.4 is 5.32 Å². The monoisotopic (exact) mass is 301 g/mol. The van der Waals surface area contributed by atoms with Crippen molar-refractivity contribution in [2.75, 3.05) is 5.32 Å². The summed E-state index contributed by atoms with van der Waals surface area (Å²) in [6.45, 7) is 3.07. The summed E-state index contributed by atoms with van der Waals surface area (Å²) < 4.78 is 1.28. The van der Waals surface area contributed by atoms with Crippen LogP contribution in [0.3, 0.4) is 0 Å². The standard InChI is InChI=1S/C15H15N3O4/c1-9(18-8-7-13(17-18)15(21)22)14(20)16-12-5-3-11(4-6-12)10(2)19/h3-9H,1-2H3,(H,16,20)(H,21,22). The molecule has 0 bridgehead atoms. The van der Waals surface area contributed by atoms with Gasteiger partial charge in [-0.25, -0.2) is 4.79 Å². The summed E-state index contributed by atoms with van der Waals surface area (Å²) >= 11 is 0. The van der Waals surface area contributed by atoms with Crippen molar-refractivity contribution in [2.24, 2.45) is 0 Å². The molecular weight excluding hydrogens is 286 g/mol. The largest absolute Gasteiger partial charge is 0.476 e. The van der Waals surface area contributed by atoms with Crippen molar-refractivity contribution in [3.8, 4) is 0 Å². The Morgan fingerprint density at radius 1 is 1.18 bits per heavy atom. The van der Waals surface area contributed by atoms with Crippen LogP contribution in [0.15, 0.2) is 36.5 Å². The molecule has 0 saturated carbocycles. The number of carboxylic acids is 1. The van der Waals surface area contributed by atoms with Crippen LogP contribution in [0.1, 0.15) is 40.7 Å². The van der Waals surface area contributed by atoms with Gasteiger partial charge in [-0.15, -0.1) is 0 Å². The summed E-state index contributed by atoms with van der Waals surface area (Å²) in [7, 11) is 0. The van der Waals surface area contributed by atoms with Crippen LogP contribution in [0.2, 0.25) is 0 Å². The van der Waals surface area contributed by atoms with Crippen molar-refractivity contribution in [3.05, 3.63) is 47.8 Å². The number of nitrogens with zero attached hydrogens (tertiary/aromatic N) is 2. The van der Waals surface area contributed by atoms with Crippen molar-refractivity contribution in [3.63, 3.8) is 0 Å². The van der Waals surface area contributed by atoms with Crippen molar-refractivity contribution in [1.82, 2.24) is 9.78 Å². The molecule has 1 atom stereocenters. The number of nitrogens with one attached hydrogen (secondary N) is 1. The minimum absolute atomic E-state index is 0.0519. The molecule has 1 unspecified atom stereocenters. The van der Waals surface area contributed by atoms with Crippen LogP contribution in [0.25, 0.3) is 0 Å². The van der Waals surface area contributed by atoms with Gasteiger partial charge >= 0.3 is 5.97 Å². The number of aromatic nitrogens is 2. The van der Waals surface area contributed by atoms with E-state index in [9.17, 15) is 14.4 Å². The highest BCUT2D eigenvalue weighted by molar-refractivity contribution is 5.96. The van der Waals surface area contributed by atoms with E-state index in [1.165, 1.54) is 23.9 Å². The average Bonchev–Trinajstić information content (AvgIpc) is 2.97. The second kappa shape index (κ2) is 6.21. The molecule has 1 aromatic carbocycles. The van der Waals surface area contributed by atoms with E-state index in [4.69, 9.17) is 5.11 Å². The Hall–Kier alpha value is -2.96. The fourth-order valence-electron chi connectivity index (χ4n) is 1.82. The van der Waals surface area contributed by atoms with Crippen LogP contribution >= 0.6 is 0 Å². The number of carboxylic acid groups (broad SMARTS) is 1. The Balaban J connectivity index is 2.07. The van der Waals surface area contributed by atoms with E-state index in [0.717, 1.165) is 0 Å². The number of carbonyl (C=O) groups excluding carboxylic acids is 2. The number of Topliss-reactive ketones (excluding diaryl/α,β-unsaturated/α-hetero) is 1. The molecule has 22 heavy (non-hydrogen) atoms. The van der Waals surface area contributed by atoms with E-state index in [0.29, 0.717) is 11.3 Å². The first-order valence-electron chi connectivity index (χ1n) is 6.59. The molecule has 7 nitrogen and oxygen atoms in total. The van der Waals surface area contributed by atoms with Gasteiger partial charge in [-0.1, -0.05) is 0 Å². The summed E-state index contributed by atoms with van der Waals surface area (Å²) in [4.78, 5) is 34.1. The summed E-state index contributed by atoms with van der Waals surface area (Å²) in [6.07, 6.45) is 1.44. The summed E-state index contributed by atoms with van der Waals surface area (Å²) in [5.41, 5.74) is 0.988. The molecule has 0 aliphatic rings. The minimum Gasteiger partial charge on any atom is -0.476 e. The highest BCUT2D eigenvalue weighted by Crippen LogP contribution is 2.13. The highest BCUT2D eigenvalue weighted by atomic mass is 16.4. The highest BCUT2D eigenvalue weighted by Gasteiger charge is 2.17. The molecule has 1 amide bonds. The zero-order chi connectivity index (χ0) is 16.3. The second-order valence-corrected chi connectivity index (χ2v) is 4.78. The Morgan fingerprint density at radius 2 is 1.82 bits per heavy atom. The van der Waals surface area contributed by atoms with Crippen LogP contribution in [0.4, 0.5) is 5.69 Å². The van der Waals surface area contributed by atoms with Crippen LogP contribution in [-0.2, 0) is 4.79 Å². The lowest BCUT2D eigenvalue weighted by Gasteiger charge is -2.12. The number of ketones is 1. The SMILES string of the molecule is CC(=O)c1ccc(NC(=O)C(C)n2ccc(C(=O)O)n2)cc1. The van der Waals surface area contributed by atoms with E-state index < -0.39 is 12.0 Å². The number of anilines is 1. The summed E-state index contributed by atoms with van der Waals surface area (Å²) in [6, 6.07) is 7.17. The van der Waals surface area contributed by atoms with Crippen LogP contribution in [-0.4, -0.2) is 32.5 Å². The van der Waals surface area contributed by atoms with Crippen LogP contribution in [0.5, 0.6) is 0 Å². The van der Waals surface area contributed by atoms with E-state index in [2.05, 4.69) is 10.4 Å². The number of rotatable bonds is 5. The van der Waals surface area contributed by atoms with Crippen molar-refractivity contribution in [2.45, 2.75) is 19.9 Å². The molecule has 0 saturated heterocycles. The fourth-order valence-corrected chi connectivity index (χ4v) is 1.82. The van der Waals surface area contributed by atoms with Crippen LogP contribution in [0, 0.1) is 0 Å². The zero-order valence-electron chi connectivity index (χ0n) is 12.1. The van der Waals surface area contributed by atoms with Crippen molar-refractivity contribution >= 4 is 23.3 Å². The van der Waals surface area contributed by atoms with Gasteiger partial charge in [-0.3, -0.25) is 14.3 Å². The lowest BCUT2D eigenvalue weighted by molar-refractivity contribution is -0.119. The predicted octanol–water partition coefficient (Wildman–Crippen LogP) is 1.98. The van der Waals surface area contributed by atoms with E-state index in [1.807, 2.05) is 0 Å². The molecule has 0 aliphatic heterocycles. The molecule has 0 aliphatic carbocycles. The molecule has 2 rings (SSSR count). The Morgan fingerprint density at radius 3 is 2.32 bits per heavy atom. The van der Waals surface area contributed by atoms with Gasteiger partial charge in [0.2, 0.25) is 5.91 Å². The molecule has 114 valence electrons. The normalized spacial score (nSPS) is 11.7. The molecule has 2 aromatic rings. The third-order valence-electron chi connectivity index (χ3n) is 3.16. The fraction of sp³-hybridized carbons (Fsp3) is 0.200. The van der Waals surface area contributed by atoms with E-state index in [1.54, 1.807) is 31.2 Å². The Labute approximate surface area is 126 Å². The number of amides is 1. The van der Waals surface area contributed by atoms with Gasteiger partial charge < -0.3 is 10.4 Å². The van der Waals surface area contributed by atoms with Gasteiger partial charge in [-0.2, -0.15) is 5.10 Å². The molecule has 2 N–H and O–H groups in total. The topological polar surface area (TPSA) is 101 Å². The smallest absolute Gasteiger partial charge is 0.356 e. The third-order valence-corrected chi connectivity index (χ3v) is 3.16.